The highest BCUT2D eigenvalue weighted by atomic mass is 14.3. The molecule has 4 fully saturated rings. The van der Waals surface area contributed by atoms with E-state index in [2.05, 4.69) is 93.5 Å². The van der Waals surface area contributed by atoms with E-state index in [1.807, 2.05) is 0 Å². The molecule has 0 radical (unpaired) electrons. The van der Waals surface area contributed by atoms with Crippen molar-refractivity contribution in [3.8, 4) is 0 Å². The molecule has 4 aliphatic rings. The van der Waals surface area contributed by atoms with E-state index < -0.39 is 0 Å². The fourth-order valence-corrected chi connectivity index (χ4v) is 9.79. The predicted octanol–water partition coefficient (Wildman–Crippen LogP) is 15.0. The fourth-order valence-electron chi connectivity index (χ4n) is 9.79. The van der Waals surface area contributed by atoms with Crippen molar-refractivity contribution in [3.63, 3.8) is 0 Å². The third-order valence-electron chi connectivity index (χ3n) is 14.4. The zero-order chi connectivity index (χ0) is 35.5. The third-order valence-corrected chi connectivity index (χ3v) is 14.4. The maximum atomic E-state index is 2.43. The van der Waals surface area contributed by atoms with Crippen LogP contribution in [0.15, 0.2) is 24.3 Å². The van der Waals surface area contributed by atoms with Crippen molar-refractivity contribution in [1.29, 1.82) is 0 Å². The van der Waals surface area contributed by atoms with Crippen LogP contribution in [0.2, 0.25) is 0 Å². The van der Waals surface area contributed by atoms with Crippen LogP contribution in [-0.4, -0.2) is 0 Å². The van der Waals surface area contributed by atoms with Gasteiger partial charge in [0.2, 0.25) is 0 Å². The second-order valence-corrected chi connectivity index (χ2v) is 18.8. The van der Waals surface area contributed by atoms with E-state index in [4.69, 9.17) is 0 Å². The first kappa shape index (κ1) is 40.2. The van der Waals surface area contributed by atoms with E-state index in [0.29, 0.717) is 0 Å². The van der Waals surface area contributed by atoms with Crippen molar-refractivity contribution in [2.45, 2.75) is 191 Å². The molecule has 4 aliphatic carbocycles. The monoisotopic (exact) mass is 669 g/mol. The van der Waals surface area contributed by atoms with Crippen molar-refractivity contribution < 1.29 is 0 Å². The molecule has 0 atom stereocenters. The lowest BCUT2D eigenvalue weighted by molar-refractivity contribution is 0.201. The standard InChI is InChI=1S/2C17H26.C15H28/c1-12-5-8-16(9-6-12)11-17-10-7-13(2)14(3)15(17)4;1-12-5-7-16(8-6-12)11-17-9-13(2)15(4)14(3)10-17;1-12-3-7-14(8-4-12)11-15-9-5-13(2)6-10-15/h7,10,12,16H,5-6,8-9,11H2,1-4H3;9-10,12,16H,5-8,11H2,1-4H3;12-15H,3-11H2,1-2H3. The lowest BCUT2D eigenvalue weighted by atomic mass is 9.74. The van der Waals surface area contributed by atoms with E-state index >= 15 is 0 Å². The highest BCUT2D eigenvalue weighted by Crippen LogP contribution is 2.38. The lowest BCUT2D eigenvalue weighted by Crippen LogP contribution is -2.19. The maximum Gasteiger partial charge on any atom is -0.0248 e. The molecule has 0 bridgehead atoms. The van der Waals surface area contributed by atoms with Gasteiger partial charge in [-0.15, -0.1) is 0 Å². The topological polar surface area (TPSA) is 0 Å². The largest absolute Gasteiger partial charge is 0.0625 e. The average Bonchev–Trinajstić information content (AvgIpc) is 3.08. The molecular formula is C49H80. The van der Waals surface area contributed by atoms with Gasteiger partial charge in [0, 0.05) is 0 Å². The molecule has 0 aromatic heterocycles. The van der Waals surface area contributed by atoms with Crippen LogP contribution in [-0.2, 0) is 12.8 Å². The molecule has 0 amide bonds. The summed E-state index contributed by atoms with van der Waals surface area (Å²) in [6, 6.07) is 9.46. The smallest absolute Gasteiger partial charge is 0.0248 e. The molecule has 0 unspecified atom stereocenters. The summed E-state index contributed by atoms with van der Waals surface area (Å²) < 4.78 is 0. The SMILES string of the molecule is CC1CCC(CC2CCC(C)CC2)CC1.Cc1cc(CC2CCC(C)CC2)cc(C)c1C.Cc1ccc(CC2CCC(C)CC2)c(C)c1C. The summed E-state index contributed by atoms with van der Waals surface area (Å²) in [6.45, 7) is 23.2. The Labute approximate surface area is 306 Å². The van der Waals surface area contributed by atoms with Crippen LogP contribution in [0.4, 0.5) is 0 Å². The molecule has 0 N–H and O–H groups in total. The van der Waals surface area contributed by atoms with Gasteiger partial charge in [-0.25, -0.2) is 0 Å². The Bertz CT molecular complexity index is 1190. The van der Waals surface area contributed by atoms with Gasteiger partial charge in [-0.3, -0.25) is 0 Å². The van der Waals surface area contributed by atoms with Gasteiger partial charge in [0.1, 0.15) is 0 Å². The van der Waals surface area contributed by atoms with Crippen molar-refractivity contribution in [2.24, 2.45) is 47.3 Å². The molecule has 0 saturated heterocycles. The molecule has 49 heavy (non-hydrogen) atoms. The average molecular weight is 669 g/mol. The van der Waals surface area contributed by atoms with Crippen molar-refractivity contribution in [2.75, 3.05) is 0 Å². The number of benzene rings is 2. The van der Waals surface area contributed by atoms with E-state index in [9.17, 15) is 0 Å². The Balaban J connectivity index is 0.000000166. The number of hydrogen-bond donors (Lipinski definition) is 0. The normalized spacial score (nSPS) is 30.4. The van der Waals surface area contributed by atoms with Crippen molar-refractivity contribution in [1.82, 2.24) is 0 Å². The summed E-state index contributed by atoms with van der Waals surface area (Å²) in [4.78, 5) is 0. The summed E-state index contributed by atoms with van der Waals surface area (Å²) in [5.41, 5.74) is 12.0. The molecule has 0 nitrogen and oxygen atoms in total. The lowest BCUT2D eigenvalue weighted by Gasteiger charge is -2.32. The molecule has 2 aromatic rings. The minimum atomic E-state index is 0.937. The van der Waals surface area contributed by atoms with Crippen LogP contribution in [0.1, 0.15) is 181 Å². The molecule has 4 saturated carbocycles. The molecule has 0 spiro atoms. The number of rotatable bonds is 6. The third kappa shape index (κ3) is 13.2. The van der Waals surface area contributed by atoms with Crippen LogP contribution in [0, 0.1) is 88.9 Å². The van der Waals surface area contributed by atoms with Gasteiger partial charge in [0.25, 0.3) is 0 Å². The zero-order valence-electron chi connectivity index (χ0n) is 34.4. The van der Waals surface area contributed by atoms with Crippen molar-refractivity contribution >= 4 is 0 Å². The Morgan fingerprint density at radius 1 is 0.388 bits per heavy atom. The first-order valence-electron chi connectivity index (χ1n) is 21.5. The van der Waals surface area contributed by atoms with Gasteiger partial charge in [-0.05, 0) is 178 Å². The van der Waals surface area contributed by atoms with Crippen molar-refractivity contribution in [3.05, 3.63) is 68.8 Å². The molecule has 6 rings (SSSR count). The van der Waals surface area contributed by atoms with Crippen LogP contribution in [0.3, 0.4) is 0 Å². The highest BCUT2D eigenvalue weighted by molar-refractivity contribution is 5.39. The second-order valence-electron chi connectivity index (χ2n) is 18.8. The van der Waals surface area contributed by atoms with Gasteiger partial charge >= 0.3 is 0 Å². The Hall–Kier alpha value is -1.56. The second kappa shape index (κ2) is 19.9. The molecule has 0 heteroatoms. The van der Waals surface area contributed by atoms with Gasteiger partial charge in [0.05, 0.1) is 0 Å². The minimum absolute atomic E-state index is 0.937. The zero-order valence-corrected chi connectivity index (χ0v) is 34.4. The van der Waals surface area contributed by atoms with Gasteiger partial charge in [-0.2, -0.15) is 0 Å². The van der Waals surface area contributed by atoms with Crippen LogP contribution < -0.4 is 0 Å². The van der Waals surface area contributed by atoms with E-state index in [1.165, 1.54) is 149 Å². The van der Waals surface area contributed by atoms with Crippen LogP contribution >= 0.6 is 0 Å². The first-order chi connectivity index (χ1) is 23.4. The van der Waals surface area contributed by atoms with E-state index in [1.54, 1.807) is 17.5 Å². The van der Waals surface area contributed by atoms with Gasteiger partial charge in [-0.1, -0.05) is 129 Å². The number of aryl methyl sites for hydroxylation is 3. The Kier molecular flexibility index (Phi) is 16.3. The summed E-state index contributed by atoms with van der Waals surface area (Å²) in [5, 5.41) is 0. The Morgan fingerprint density at radius 3 is 1.16 bits per heavy atom. The fraction of sp³-hybridized carbons (Fsp3) is 0.755. The molecular weight excluding hydrogens is 589 g/mol. The molecule has 276 valence electrons. The summed E-state index contributed by atoms with van der Waals surface area (Å²) in [6.07, 6.45) is 27.9. The minimum Gasteiger partial charge on any atom is -0.0625 e. The van der Waals surface area contributed by atoms with Crippen LogP contribution in [0.25, 0.3) is 0 Å². The summed E-state index contributed by atoms with van der Waals surface area (Å²) in [5.74, 6) is 8.04. The highest BCUT2D eigenvalue weighted by Gasteiger charge is 2.25. The maximum absolute atomic E-state index is 2.43. The summed E-state index contributed by atoms with van der Waals surface area (Å²) >= 11 is 0. The Morgan fingerprint density at radius 2 is 0.755 bits per heavy atom. The van der Waals surface area contributed by atoms with Gasteiger partial charge in [0.15, 0.2) is 0 Å². The molecule has 0 heterocycles. The van der Waals surface area contributed by atoms with Crippen LogP contribution in [0.5, 0.6) is 0 Å². The van der Waals surface area contributed by atoms with E-state index in [-0.39, 0.29) is 0 Å². The predicted molar refractivity (Wildman–Crippen MR) is 218 cm³/mol. The molecule has 0 aliphatic heterocycles. The number of hydrogen-bond acceptors (Lipinski definition) is 0. The quantitative estimate of drug-likeness (QED) is 0.287. The van der Waals surface area contributed by atoms with E-state index in [0.717, 1.165) is 47.3 Å². The van der Waals surface area contributed by atoms with Gasteiger partial charge < -0.3 is 0 Å². The summed E-state index contributed by atoms with van der Waals surface area (Å²) in [7, 11) is 0. The first-order valence-corrected chi connectivity index (χ1v) is 21.5. The molecule has 2 aromatic carbocycles.